The SMILES string of the molecule is CCC(=O)c1cccc(N(C)Cc2ccc(OC)cc2)c1.Cl. The third kappa shape index (κ3) is 4.50. The maximum atomic E-state index is 11.8. The molecule has 2 rings (SSSR count). The molecule has 4 heteroatoms. The molecule has 3 nitrogen and oxygen atoms in total. The molecule has 22 heavy (non-hydrogen) atoms. The zero-order chi connectivity index (χ0) is 15.2. The van der Waals surface area contributed by atoms with Crippen LogP contribution in [0.4, 0.5) is 5.69 Å². The number of anilines is 1. The van der Waals surface area contributed by atoms with E-state index in [-0.39, 0.29) is 18.2 Å². The summed E-state index contributed by atoms with van der Waals surface area (Å²) < 4.78 is 5.16. The zero-order valence-electron chi connectivity index (χ0n) is 13.2. The number of carbonyl (C=O) groups is 1. The number of benzene rings is 2. The Hall–Kier alpha value is -2.00. The van der Waals surface area contributed by atoms with Gasteiger partial charge < -0.3 is 9.64 Å². The fraction of sp³-hybridized carbons (Fsp3) is 0.278. The van der Waals surface area contributed by atoms with Crippen molar-refractivity contribution in [3.63, 3.8) is 0 Å². The fourth-order valence-electron chi connectivity index (χ4n) is 2.22. The lowest BCUT2D eigenvalue weighted by molar-refractivity contribution is 0.0988. The summed E-state index contributed by atoms with van der Waals surface area (Å²) in [6.45, 7) is 2.67. The highest BCUT2D eigenvalue weighted by Gasteiger charge is 2.07. The van der Waals surface area contributed by atoms with E-state index >= 15 is 0 Å². The van der Waals surface area contributed by atoms with Crippen molar-refractivity contribution in [2.75, 3.05) is 19.1 Å². The number of nitrogens with zero attached hydrogens (tertiary/aromatic N) is 1. The summed E-state index contributed by atoms with van der Waals surface area (Å²) in [5.74, 6) is 1.03. The number of ether oxygens (including phenoxy) is 1. The Labute approximate surface area is 138 Å². The third-order valence-electron chi connectivity index (χ3n) is 3.51. The summed E-state index contributed by atoms with van der Waals surface area (Å²) in [4.78, 5) is 13.9. The highest BCUT2D eigenvalue weighted by molar-refractivity contribution is 5.96. The minimum atomic E-state index is 0. The van der Waals surface area contributed by atoms with Crippen molar-refractivity contribution in [2.45, 2.75) is 19.9 Å². The quantitative estimate of drug-likeness (QED) is 0.741. The van der Waals surface area contributed by atoms with E-state index in [0.29, 0.717) is 6.42 Å². The first-order chi connectivity index (χ1) is 10.1. The number of halogens is 1. The van der Waals surface area contributed by atoms with Crippen LogP contribution in [-0.2, 0) is 6.54 Å². The number of hydrogen-bond donors (Lipinski definition) is 0. The van der Waals surface area contributed by atoms with Gasteiger partial charge in [0.2, 0.25) is 0 Å². The van der Waals surface area contributed by atoms with Gasteiger partial charge in [-0.2, -0.15) is 0 Å². The van der Waals surface area contributed by atoms with Crippen LogP contribution in [0.3, 0.4) is 0 Å². The summed E-state index contributed by atoms with van der Waals surface area (Å²) >= 11 is 0. The van der Waals surface area contributed by atoms with Gasteiger partial charge in [0.25, 0.3) is 0 Å². The van der Waals surface area contributed by atoms with Gasteiger partial charge in [-0.15, -0.1) is 12.4 Å². The molecular formula is C18H22ClNO2. The van der Waals surface area contributed by atoms with Gasteiger partial charge in [0.1, 0.15) is 5.75 Å². The zero-order valence-corrected chi connectivity index (χ0v) is 14.0. The second-order valence-electron chi connectivity index (χ2n) is 5.03. The lowest BCUT2D eigenvalue weighted by Crippen LogP contribution is -2.16. The highest BCUT2D eigenvalue weighted by Crippen LogP contribution is 2.19. The van der Waals surface area contributed by atoms with E-state index < -0.39 is 0 Å². The summed E-state index contributed by atoms with van der Waals surface area (Å²) in [6, 6.07) is 15.8. The Balaban J connectivity index is 0.00000242. The van der Waals surface area contributed by atoms with E-state index in [0.717, 1.165) is 23.5 Å². The first-order valence-corrected chi connectivity index (χ1v) is 7.11. The second-order valence-corrected chi connectivity index (χ2v) is 5.03. The summed E-state index contributed by atoms with van der Waals surface area (Å²) in [5, 5.41) is 0. The van der Waals surface area contributed by atoms with E-state index in [4.69, 9.17) is 4.74 Å². The molecule has 2 aromatic carbocycles. The molecule has 0 aliphatic heterocycles. The van der Waals surface area contributed by atoms with Crippen LogP contribution in [0.1, 0.15) is 29.3 Å². The van der Waals surface area contributed by atoms with Gasteiger partial charge in [-0.1, -0.05) is 31.2 Å². The van der Waals surface area contributed by atoms with Gasteiger partial charge in [0.05, 0.1) is 7.11 Å². The predicted octanol–water partition coefficient (Wildman–Crippen LogP) is 4.35. The molecule has 0 saturated heterocycles. The van der Waals surface area contributed by atoms with Crippen LogP contribution in [0.25, 0.3) is 0 Å². The van der Waals surface area contributed by atoms with E-state index in [1.54, 1.807) is 7.11 Å². The Morgan fingerprint density at radius 2 is 1.82 bits per heavy atom. The largest absolute Gasteiger partial charge is 0.497 e. The van der Waals surface area contributed by atoms with Crippen LogP contribution in [0, 0.1) is 0 Å². The van der Waals surface area contributed by atoms with E-state index in [1.807, 2.05) is 50.4 Å². The molecule has 0 amide bonds. The van der Waals surface area contributed by atoms with Crippen molar-refractivity contribution >= 4 is 23.9 Å². The molecular weight excluding hydrogens is 298 g/mol. The number of ketones is 1. The predicted molar refractivity (Wildman–Crippen MR) is 93.4 cm³/mol. The summed E-state index contributed by atoms with van der Waals surface area (Å²) in [6.07, 6.45) is 0.533. The second kappa shape index (κ2) is 8.44. The summed E-state index contributed by atoms with van der Waals surface area (Å²) in [7, 11) is 3.69. The van der Waals surface area contributed by atoms with Crippen molar-refractivity contribution < 1.29 is 9.53 Å². The first kappa shape index (κ1) is 18.1. The van der Waals surface area contributed by atoms with Gasteiger partial charge in [0.15, 0.2) is 5.78 Å². The molecule has 0 N–H and O–H groups in total. The molecule has 0 aromatic heterocycles. The minimum Gasteiger partial charge on any atom is -0.497 e. The van der Waals surface area contributed by atoms with Gasteiger partial charge in [-0.05, 0) is 29.8 Å². The number of Topliss-reactive ketones (excluding diaryl/α,β-unsaturated/α-hetero) is 1. The molecule has 0 aliphatic rings. The topological polar surface area (TPSA) is 29.5 Å². The van der Waals surface area contributed by atoms with Crippen molar-refractivity contribution in [2.24, 2.45) is 0 Å². The smallest absolute Gasteiger partial charge is 0.162 e. The van der Waals surface area contributed by atoms with Crippen molar-refractivity contribution in [1.29, 1.82) is 0 Å². The molecule has 0 heterocycles. The van der Waals surface area contributed by atoms with Gasteiger partial charge in [-0.25, -0.2) is 0 Å². The molecule has 0 bridgehead atoms. The van der Waals surface area contributed by atoms with Crippen molar-refractivity contribution in [3.8, 4) is 5.75 Å². The monoisotopic (exact) mass is 319 g/mol. The normalized spacial score (nSPS) is 9.77. The minimum absolute atomic E-state index is 0. The van der Waals surface area contributed by atoms with Crippen LogP contribution in [0.2, 0.25) is 0 Å². The number of hydrogen-bond acceptors (Lipinski definition) is 3. The van der Waals surface area contributed by atoms with E-state index in [9.17, 15) is 4.79 Å². The molecule has 0 atom stereocenters. The Morgan fingerprint density at radius 3 is 2.41 bits per heavy atom. The Morgan fingerprint density at radius 1 is 1.14 bits per heavy atom. The van der Waals surface area contributed by atoms with Crippen LogP contribution >= 0.6 is 12.4 Å². The van der Waals surface area contributed by atoms with E-state index in [2.05, 4.69) is 17.0 Å². The van der Waals surface area contributed by atoms with Gasteiger partial charge >= 0.3 is 0 Å². The van der Waals surface area contributed by atoms with Crippen LogP contribution in [-0.4, -0.2) is 19.9 Å². The number of methoxy groups -OCH3 is 1. The molecule has 0 fully saturated rings. The molecule has 0 saturated carbocycles. The molecule has 0 unspecified atom stereocenters. The maximum absolute atomic E-state index is 11.8. The lowest BCUT2D eigenvalue weighted by Gasteiger charge is -2.20. The molecule has 0 radical (unpaired) electrons. The molecule has 0 spiro atoms. The van der Waals surface area contributed by atoms with Crippen LogP contribution < -0.4 is 9.64 Å². The standard InChI is InChI=1S/C18H21NO2.ClH/c1-4-18(20)15-6-5-7-16(12-15)19(2)13-14-8-10-17(21-3)11-9-14;/h5-12H,4,13H2,1-3H3;1H. The third-order valence-corrected chi connectivity index (χ3v) is 3.51. The maximum Gasteiger partial charge on any atom is 0.162 e. The van der Waals surface area contributed by atoms with E-state index in [1.165, 1.54) is 5.56 Å². The summed E-state index contributed by atoms with van der Waals surface area (Å²) in [5.41, 5.74) is 3.02. The highest BCUT2D eigenvalue weighted by atomic mass is 35.5. The van der Waals surface area contributed by atoms with Crippen LogP contribution in [0.15, 0.2) is 48.5 Å². The van der Waals surface area contributed by atoms with Gasteiger partial charge in [-0.3, -0.25) is 4.79 Å². The number of rotatable bonds is 6. The number of carbonyl (C=O) groups excluding carboxylic acids is 1. The van der Waals surface area contributed by atoms with Crippen molar-refractivity contribution in [1.82, 2.24) is 0 Å². The van der Waals surface area contributed by atoms with Gasteiger partial charge in [0, 0.05) is 31.3 Å². The van der Waals surface area contributed by atoms with Crippen LogP contribution in [0.5, 0.6) is 5.75 Å². The average molecular weight is 320 g/mol. The molecule has 118 valence electrons. The Kier molecular flexibility index (Phi) is 6.93. The Bertz CT molecular complexity index is 611. The van der Waals surface area contributed by atoms with Crippen molar-refractivity contribution in [3.05, 3.63) is 59.7 Å². The first-order valence-electron chi connectivity index (χ1n) is 7.11. The lowest BCUT2D eigenvalue weighted by atomic mass is 10.1. The fourth-order valence-corrected chi connectivity index (χ4v) is 2.22. The average Bonchev–Trinajstić information content (AvgIpc) is 2.55. The molecule has 0 aliphatic carbocycles. The molecule has 2 aromatic rings.